The molecule has 0 aromatic rings. The average Bonchev–Trinajstić information content (AvgIpc) is 2.80. The third kappa shape index (κ3) is 3.71. The summed E-state index contributed by atoms with van der Waals surface area (Å²) in [6.07, 6.45) is 15.2. The van der Waals surface area contributed by atoms with E-state index < -0.39 is 0 Å². The zero-order chi connectivity index (χ0) is 12.8. The minimum absolute atomic E-state index is 0.275. The number of nitrogens with one attached hydrogen (secondary N) is 1. The Morgan fingerprint density at radius 3 is 2.50 bits per heavy atom. The lowest BCUT2D eigenvalue weighted by Gasteiger charge is -2.36. The molecule has 2 rings (SSSR count). The van der Waals surface area contributed by atoms with Crippen molar-refractivity contribution in [3.05, 3.63) is 0 Å². The molecule has 2 nitrogen and oxygen atoms in total. The molecule has 0 bridgehead atoms. The van der Waals surface area contributed by atoms with E-state index in [0.29, 0.717) is 0 Å². The van der Waals surface area contributed by atoms with E-state index in [1.807, 2.05) is 0 Å². The van der Waals surface area contributed by atoms with Gasteiger partial charge in [-0.25, -0.2) is 0 Å². The van der Waals surface area contributed by atoms with Crippen molar-refractivity contribution in [3.8, 4) is 0 Å². The molecule has 0 heterocycles. The number of nitrogens with two attached hydrogens (primary N) is 1. The number of hydrogen-bond acceptors (Lipinski definition) is 2. The molecule has 2 unspecified atom stereocenters. The third-order valence-corrected chi connectivity index (χ3v) is 5.25. The second-order valence-corrected chi connectivity index (χ2v) is 6.70. The van der Waals surface area contributed by atoms with Gasteiger partial charge >= 0.3 is 0 Å². The molecule has 0 aromatic heterocycles. The second-order valence-electron chi connectivity index (χ2n) is 6.70. The Morgan fingerprint density at radius 2 is 1.83 bits per heavy atom. The van der Waals surface area contributed by atoms with Crippen LogP contribution in [-0.4, -0.2) is 18.1 Å². The summed E-state index contributed by atoms with van der Waals surface area (Å²) in [5.41, 5.74) is 6.42. The topological polar surface area (TPSA) is 38.0 Å². The zero-order valence-electron chi connectivity index (χ0n) is 12.2. The van der Waals surface area contributed by atoms with Crippen molar-refractivity contribution in [2.45, 2.75) is 89.1 Å². The van der Waals surface area contributed by atoms with E-state index in [0.717, 1.165) is 18.5 Å². The Labute approximate surface area is 113 Å². The first-order chi connectivity index (χ1) is 8.78. The molecule has 0 saturated heterocycles. The first-order valence-electron chi connectivity index (χ1n) is 8.26. The molecule has 2 aliphatic carbocycles. The molecule has 0 aliphatic heterocycles. The molecule has 18 heavy (non-hydrogen) atoms. The molecular weight excluding hydrogens is 220 g/mol. The normalized spacial score (nSPS) is 34.7. The van der Waals surface area contributed by atoms with Gasteiger partial charge in [-0.2, -0.15) is 0 Å². The molecule has 0 amide bonds. The molecule has 2 fully saturated rings. The largest absolute Gasteiger partial charge is 0.329 e. The van der Waals surface area contributed by atoms with Gasteiger partial charge < -0.3 is 11.1 Å². The van der Waals surface area contributed by atoms with Crippen LogP contribution in [0.3, 0.4) is 0 Å². The maximum absolute atomic E-state index is 6.14. The monoisotopic (exact) mass is 252 g/mol. The average molecular weight is 252 g/mol. The van der Waals surface area contributed by atoms with Crippen molar-refractivity contribution in [1.29, 1.82) is 0 Å². The number of rotatable bonds is 5. The summed E-state index contributed by atoms with van der Waals surface area (Å²) in [6.45, 7) is 3.15. The molecule has 106 valence electrons. The zero-order valence-corrected chi connectivity index (χ0v) is 12.2. The fraction of sp³-hybridized carbons (Fsp3) is 1.00. The predicted octanol–water partition coefficient (Wildman–Crippen LogP) is 3.60. The SMILES string of the molecule is CCCC1CCCC(CN)(NC2CCCC2)CC1. The van der Waals surface area contributed by atoms with Gasteiger partial charge in [-0.05, 0) is 38.0 Å². The molecule has 2 saturated carbocycles. The van der Waals surface area contributed by atoms with E-state index in [1.54, 1.807) is 0 Å². The van der Waals surface area contributed by atoms with Gasteiger partial charge in [-0.1, -0.05) is 45.4 Å². The van der Waals surface area contributed by atoms with Crippen molar-refractivity contribution < 1.29 is 0 Å². The summed E-state index contributed by atoms with van der Waals surface area (Å²) in [6, 6.07) is 0.760. The summed E-state index contributed by atoms with van der Waals surface area (Å²) >= 11 is 0. The summed E-state index contributed by atoms with van der Waals surface area (Å²) in [4.78, 5) is 0. The summed E-state index contributed by atoms with van der Waals surface area (Å²) in [7, 11) is 0. The quantitative estimate of drug-likeness (QED) is 0.734. The summed E-state index contributed by atoms with van der Waals surface area (Å²) in [5.74, 6) is 0.966. The Balaban J connectivity index is 1.89. The first-order valence-corrected chi connectivity index (χ1v) is 8.26. The molecule has 0 spiro atoms. The van der Waals surface area contributed by atoms with Crippen LogP contribution >= 0.6 is 0 Å². The van der Waals surface area contributed by atoms with Crippen molar-refractivity contribution in [2.75, 3.05) is 6.54 Å². The van der Waals surface area contributed by atoms with Crippen LogP contribution in [0.25, 0.3) is 0 Å². The molecule has 0 aromatic carbocycles. The van der Waals surface area contributed by atoms with Gasteiger partial charge in [0.05, 0.1) is 0 Å². The smallest absolute Gasteiger partial charge is 0.0306 e. The minimum Gasteiger partial charge on any atom is -0.329 e. The lowest BCUT2D eigenvalue weighted by molar-refractivity contribution is 0.254. The van der Waals surface area contributed by atoms with E-state index in [4.69, 9.17) is 5.73 Å². The third-order valence-electron chi connectivity index (χ3n) is 5.25. The fourth-order valence-corrected chi connectivity index (χ4v) is 4.09. The number of hydrogen-bond donors (Lipinski definition) is 2. The summed E-state index contributed by atoms with van der Waals surface area (Å²) in [5, 5.41) is 3.96. The molecule has 2 atom stereocenters. The molecular formula is C16H32N2. The van der Waals surface area contributed by atoms with E-state index >= 15 is 0 Å². The maximum atomic E-state index is 6.14. The standard InChI is InChI=1S/C16H32N2/c1-2-6-14-7-5-11-16(13-17,12-10-14)18-15-8-3-4-9-15/h14-15,18H,2-13,17H2,1H3. The van der Waals surface area contributed by atoms with Crippen molar-refractivity contribution in [2.24, 2.45) is 11.7 Å². The Bertz CT molecular complexity index is 235. The van der Waals surface area contributed by atoms with Crippen molar-refractivity contribution >= 4 is 0 Å². The van der Waals surface area contributed by atoms with Gasteiger partial charge in [-0.15, -0.1) is 0 Å². The van der Waals surface area contributed by atoms with E-state index in [2.05, 4.69) is 12.2 Å². The Hall–Kier alpha value is -0.0800. The lowest BCUT2D eigenvalue weighted by atomic mass is 9.88. The highest BCUT2D eigenvalue weighted by Crippen LogP contribution is 2.33. The predicted molar refractivity (Wildman–Crippen MR) is 78.7 cm³/mol. The first kappa shape index (κ1) is 14.3. The minimum atomic E-state index is 0.275. The van der Waals surface area contributed by atoms with Gasteiger partial charge in [0.2, 0.25) is 0 Å². The highest BCUT2D eigenvalue weighted by Gasteiger charge is 2.34. The van der Waals surface area contributed by atoms with Crippen LogP contribution in [-0.2, 0) is 0 Å². The summed E-state index contributed by atoms with van der Waals surface area (Å²) < 4.78 is 0. The lowest BCUT2D eigenvalue weighted by Crippen LogP contribution is -2.54. The van der Waals surface area contributed by atoms with Gasteiger partial charge in [0, 0.05) is 18.1 Å². The van der Waals surface area contributed by atoms with E-state index in [9.17, 15) is 0 Å². The van der Waals surface area contributed by atoms with Crippen LogP contribution in [0.15, 0.2) is 0 Å². The van der Waals surface area contributed by atoms with Crippen LogP contribution < -0.4 is 11.1 Å². The molecule has 0 radical (unpaired) electrons. The van der Waals surface area contributed by atoms with Crippen LogP contribution in [0.4, 0.5) is 0 Å². The second kappa shape index (κ2) is 6.91. The Kier molecular flexibility index (Phi) is 5.50. The van der Waals surface area contributed by atoms with Gasteiger partial charge in [0.1, 0.15) is 0 Å². The van der Waals surface area contributed by atoms with E-state index in [1.165, 1.54) is 70.6 Å². The maximum Gasteiger partial charge on any atom is 0.0306 e. The van der Waals surface area contributed by atoms with Gasteiger partial charge in [0.15, 0.2) is 0 Å². The van der Waals surface area contributed by atoms with Gasteiger partial charge in [0.25, 0.3) is 0 Å². The Morgan fingerprint density at radius 1 is 1.06 bits per heavy atom. The molecule has 2 aliphatic rings. The van der Waals surface area contributed by atoms with Crippen LogP contribution in [0, 0.1) is 5.92 Å². The highest BCUT2D eigenvalue weighted by molar-refractivity contribution is 4.95. The molecule has 2 heteroatoms. The van der Waals surface area contributed by atoms with Crippen LogP contribution in [0.1, 0.15) is 77.6 Å². The van der Waals surface area contributed by atoms with E-state index in [-0.39, 0.29) is 5.54 Å². The highest BCUT2D eigenvalue weighted by atomic mass is 15.0. The van der Waals surface area contributed by atoms with Crippen molar-refractivity contribution in [3.63, 3.8) is 0 Å². The van der Waals surface area contributed by atoms with Gasteiger partial charge in [-0.3, -0.25) is 0 Å². The van der Waals surface area contributed by atoms with Crippen molar-refractivity contribution in [1.82, 2.24) is 5.32 Å². The molecule has 3 N–H and O–H groups in total. The van der Waals surface area contributed by atoms with Crippen LogP contribution in [0.2, 0.25) is 0 Å². The fourth-order valence-electron chi connectivity index (χ4n) is 4.09. The van der Waals surface area contributed by atoms with Crippen LogP contribution in [0.5, 0.6) is 0 Å².